The Balaban J connectivity index is 1.44. The van der Waals surface area contributed by atoms with Gasteiger partial charge in [0.25, 0.3) is 0 Å². The maximum Gasteiger partial charge on any atom is 0.230 e. The first-order chi connectivity index (χ1) is 17.1. The fourth-order valence-electron chi connectivity index (χ4n) is 5.03. The van der Waals surface area contributed by atoms with Crippen molar-refractivity contribution in [3.8, 4) is 17.2 Å². The van der Waals surface area contributed by atoms with Crippen molar-refractivity contribution < 1.29 is 14.3 Å². The molecule has 1 saturated heterocycles. The van der Waals surface area contributed by atoms with Crippen molar-refractivity contribution in [3.05, 3.63) is 83.9 Å². The molecule has 0 bridgehead atoms. The average molecular weight is 470 g/mol. The third-order valence-electron chi connectivity index (χ3n) is 6.86. The molecule has 5 rings (SSSR count). The topological polar surface area (TPSA) is 54.4 Å². The number of hydrogen-bond acceptors (Lipinski definition) is 5. The van der Waals surface area contributed by atoms with Gasteiger partial charge in [0.15, 0.2) is 17.2 Å². The smallest absolute Gasteiger partial charge is 0.230 e. The van der Waals surface area contributed by atoms with E-state index in [4.69, 9.17) is 14.5 Å². The minimum Gasteiger partial charge on any atom is -0.493 e. The summed E-state index contributed by atoms with van der Waals surface area (Å²) in [5.41, 5.74) is 2.75. The Labute approximate surface area is 206 Å². The number of fused-ring (bicyclic) bond motifs is 2. The van der Waals surface area contributed by atoms with Crippen LogP contribution in [0.4, 0.5) is 5.69 Å². The zero-order chi connectivity index (χ0) is 24.4. The number of methoxy groups -OCH3 is 1. The number of aliphatic imine (C=N–C) groups is 1. The van der Waals surface area contributed by atoms with Crippen LogP contribution in [0.2, 0.25) is 0 Å². The molecule has 2 atom stereocenters. The second kappa shape index (κ2) is 9.82. The molecule has 1 amide bonds. The van der Waals surface area contributed by atoms with Gasteiger partial charge in [-0.3, -0.25) is 4.79 Å². The van der Waals surface area contributed by atoms with Gasteiger partial charge < -0.3 is 19.3 Å². The van der Waals surface area contributed by atoms with Crippen LogP contribution in [0.1, 0.15) is 37.3 Å². The predicted octanol–water partition coefficient (Wildman–Crippen LogP) is 5.61. The summed E-state index contributed by atoms with van der Waals surface area (Å²) in [7, 11) is 1.65. The van der Waals surface area contributed by atoms with E-state index in [2.05, 4.69) is 30.9 Å². The minimum absolute atomic E-state index is 0.0465. The fraction of sp³-hybridized carbons (Fsp3) is 0.310. The van der Waals surface area contributed by atoms with Crippen molar-refractivity contribution >= 4 is 17.4 Å². The van der Waals surface area contributed by atoms with E-state index in [0.717, 1.165) is 29.1 Å². The van der Waals surface area contributed by atoms with Gasteiger partial charge in [-0.05, 0) is 43.2 Å². The standard InChI is InChI=1S/C29H31N3O3/c1-4-22(21-11-6-5-7-12-21)29(33)32-18-17-31(19-20(32)2)28-23-13-10-16-26(34-3)27(23)35-25-15-9-8-14-24(25)30-28/h5-16,20,22H,4,17-19H2,1-3H3/t20-,22-/m0/s1. The third-order valence-corrected chi connectivity index (χ3v) is 6.86. The van der Waals surface area contributed by atoms with E-state index in [9.17, 15) is 4.79 Å². The lowest BCUT2D eigenvalue weighted by molar-refractivity contribution is -0.136. The molecule has 3 aromatic carbocycles. The summed E-state index contributed by atoms with van der Waals surface area (Å²) >= 11 is 0. The molecule has 0 aromatic heterocycles. The SMILES string of the molecule is CC[C@H](C(=O)N1CCN(C2=Nc3ccccc3Oc3c(OC)cccc32)C[C@@H]1C)c1ccccc1. The third kappa shape index (κ3) is 4.36. The largest absolute Gasteiger partial charge is 0.493 e. The van der Waals surface area contributed by atoms with Gasteiger partial charge >= 0.3 is 0 Å². The average Bonchev–Trinajstić information content (AvgIpc) is 3.06. The quantitative estimate of drug-likeness (QED) is 0.499. The molecule has 6 nitrogen and oxygen atoms in total. The van der Waals surface area contributed by atoms with Gasteiger partial charge in [-0.25, -0.2) is 4.99 Å². The van der Waals surface area contributed by atoms with Crippen LogP contribution in [0.5, 0.6) is 17.2 Å². The first kappa shape index (κ1) is 23.0. The van der Waals surface area contributed by atoms with Gasteiger partial charge in [0, 0.05) is 25.7 Å². The maximum absolute atomic E-state index is 13.6. The number of amides is 1. The van der Waals surface area contributed by atoms with Crippen LogP contribution in [0.25, 0.3) is 0 Å². The van der Waals surface area contributed by atoms with Crippen molar-refractivity contribution in [1.29, 1.82) is 0 Å². The highest BCUT2D eigenvalue weighted by atomic mass is 16.5. The molecular formula is C29H31N3O3. The molecule has 0 radical (unpaired) electrons. The maximum atomic E-state index is 13.6. The molecule has 35 heavy (non-hydrogen) atoms. The van der Waals surface area contributed by atoms with Crippen LogP contribution in [0.3, 0.4) is 0 Å². The van der Waals surface area contributed by atoms with E-state index in [1.54, 1.807) is 7.11 Å². The van der Waals surface area contributed by atoms with Gasteiger partial charge in [0.1, 0.15) is 11.5 Å². The molecule has 0 aliphatic carbocycles. The number of hydrogen-bond donors (Lipinski definition) is 0. The highest BCUT2D eigenvalue weighted by Gasteiger charge is 2.34. The molecule has 1 fully saturated rings. The van der Waals surface area contributed by atoms with E-state index in [1.165, 1.54) is 0 Å². The Morgan fingerprint density at radius 2 is 1.83 bits per heavy atom. The number of benzene rings is 3. The number of rotatable bonds is 4. The van der Waals surface area contributed by atoms with Gasteiger partial charge in [-0.2, -0.15) is 0 Å². The molecule has 180 valence electrons. The number of carbonyl (C=O) groups is 1. The van der Waals surface area contributed by atoms with E-state index in [-0.39, 0.29) is 17.9 Å². The van der Waals surface area contributed by atoms with Crippen LogP contribution >= 0.6 is 0 Å². The highest BCUT2D eigenvalue weighted by Crippen LogP contribution is 2.43. The highest BCUT2D eigenvalue weighted by molar-refractivity contribution is 6.04. The van der Waals surface area contributed by atoms with E-state index in [0.29, 0.717) is 36.9 Å². The lowest BCUT2D eigenvalue weighted by Crippen LogP contribution is -2.56. The number of ether oxygens (including phenoxy) is 2. The Bertz CT molecular complexity index is 1240. The molecule has 2 aliphatic rings. The zero-order valence-corrected chi connectivity index (χ0v) is 20.5. The number of nitrogens with zero attached hydrogens (tertiary/aromatic N) is 3. The number of piperazine rings is 1. The van der Waals surface area contributed by atoms with Crippen LogP contribution in [-0.2, 0) is 4.79 Å². The van der Waals surface area contributed by atoms with Crippen molar-refractivity contribution in [2.75, 3.05) is 26.7 Å². The van der Waals surface area contributed by atoms with Crippen LogP contribution in [0, 0.1) is 0 Å². The van der Waals surface area contributed by atoms with Crippen LogP contribution < -0.4 is 9.47 Å². The fourth-order valence-corrected chi connectivity index (χ4v) is 5.03. The van der Waals surface area contributed by atoms with E-state index >= 15 is 0 Å². The summed E-state index contributed by atoms with van der Waals surface area (Å²) in [6, 6.07) is 23.8. The summed E-state index contributed by atoms with van der Waals surface area (Å²) in [4.78, 5) is 22.9. The molecule has 6 heteroatoms. The summed E-state index contributed by atoms with van der Waals surface area (Å²) < 4.78 is 11.9. The summed E-state index contributed by atoms with van der Waals surface area (Å²) in [6.07, 6.45) is 0.782. The van der Waals surface area contributed by atoms with Gasteiger partial charge in [0.2, 0.25) is 5.91 Å². The second-order valence-corrected chi connectivity index (χ2v) is 9.04. The lowest BCUT2D eigenvalue weighted by atomic mass is 9.94. The first-order valence-corrected chi connectivity index (χ1v) is 12.2. The number of carbonyl (C=O) groups excluding carboxylic acids is 1. The minimum atomic E-state index is -0.120. The monoisotopic (exact) mass is 469 g/mol. The Hall–Kier alpha value is -3.80. The van der Waals surface area contributed by atoms with Gasteiger partial charge in [0.05, 0.1) is 18.6 Å². The molecule has 0 spiro atoms. The molecule has 2 aliphatic heterocycles. The summed E-state index contributed by atoms with van der Waals surface area (Å²) in [5, 5.41) is 0. The van der Waals surface area contributed by atoms with Crippen molar-refractivity contribution in [2.45, 2.75) is 32.2 Å². The number of amidine groups is 1. The zero-order valence-electron chi connectivity index (χ0n) is 20.5. The molecule has 0 saturated carbocycles. The predicted molar refractivity (Wildman–Crippen MR) is 138 cm³/mol. The Kier molecular flexibility index (Phi) is 6.45. The van der Waals surface area contributed by atoms with Gasteiger partial charge in [-0.1, -0.05) is 55.5 Å². The molecule has 0 unspecified atom stereocenters. The first-order valence-electron chi connectivity index (χ1n) is 12.2. The molecular weight excluding hydrogens is 438 g/mol. The number of para-hydroxylation sites is 3. The Morgan fingerprint density at radius 3 is 2.57 bits per heavy atom. The van der Waals surface area contributed by atoms with E-state index in [1.807, 2.05) is 65.6 Å². The lowest BCUT2D eigenvalue weighted by Gasteiger charge is -2.42. The van der Waals surface area contributed by atoms with Gasteiger partial charge in [-0.15, -0.1) is 0 Å². The summed E-state index contributed by atoms with van der Waals surface area (Å²) in [6.45, 7) is 6.23. The second-order valence-electron chi connectivity index (χ2n) is 9.04. The van der Waals surface area contributed by atoms with Crippen molar-refractivity contribution in [3.63, 3.8) is 0 Å². The Morgan fingerprint density at radius 1 is 1.06 bits per heavy atom. The van der Waals surface area contributed by atoms with E-state index < -0.39 is 0 Å². The van der Waals surface area contributed by atoms with Crippen LogP contribution in [-0.4, -0.2) is 54.3 Å². The van der Waals surface area contributed by atoms with Crippen molar-refractivity contribution in [1.82, 2.24) is 9.80 Å². The summed E-state index contributed by atoms with van der Waals surface area (Å²) in [5.74, 6) is 2.96. The van der Waals surface area contributed by atoms with Crippen LogP contribution in [0.15, 0.2) is 77.8 Å². The molecule has 3 aromatic rings. The molecule has 0 N–H and O–H groups in total. The molecule has 2 heterocycles. The van der Waals surface area contributed by atoms with Crippen molar-refractivity contribution in [2.24, 2.45) is 4.99 Å². The normalized spacial score (nSPS) is 17.9.